The summed E-state index contributed by atoms with van der Waals surface area (Å²) >= 11 is 0. The maximum atomic E-state index is 15.2. The van der Waals surface area contributed by atoms with Crippen molar-refractivity contribution in [3.05, 3.63) is 88.9 Å². The number of imide groups is 1. The minimum absolute atomic E-state index is 0.0213. The molecule has 1 saturated carbocycles. The number of nitrogens with one attached hydrogen (secondary N) is 2. The number of halogens is 2. The van der Waals surface area contributed by atoms with E-state index in [0.717, 1.165) is 44.2 Å². The maximum absolute atomic E-state index is 15.2. The number of hydrogen-bond donors (Lipinski definition) is 3. The second-order valence-corrected chi connectivity index (χ2v) is 17.6. The SMILES string of the molecule is CC(C)(O)c1cc2nn(C3CCC(N4CCN(C(=O)[C@@H]5CCN(c6cc(F)c([C@H]7CCC(=O)NC7=O)c(F)c6)C5)CC4)CC3)cc2cc1NC(=O)c1ccc2cc(C#N)cnn12. The molecule has 17 heteroatoms. The Balaban J connectivity index is 0.787. The largest absolute Gasteiger partial charge is 0.386 e. The first-order valence-electron chi connectivity index (χ1n) is 21.3. The van der Waals surface area contributed by atoms with Crippen LogP contribution in [0.3, 0.4) is 0 Å². The fourth-order valence-corrected chi connectivity index (χ4v) is 9.81. The van der Waals surface area contributed by atoms with Gasteiger partial charge >= 0.3 is 0 Å². The van der Waals surface area contributed by atoms with Gasteiger partial charge in [-0.05, 0) is 94.8 Å². The van der Waals surface area contributed by atoms with Crippen LogP contribution in [0.1, 0.15) is 97.9 Å². The zero-order valence-electron chi connectivity index (χ0n) is 34.6. The summed E-state index contributed by atoms with van der Waals surface area (Å²) in [5.74, 6) is -4.50. The van der Waals surface area contributed by atoms with E-state index in [1.807, 2.05) is 32.8 Å². The Kier molecular flexibility index (Phi) is 10.8. The lowest BCUT2D eigenvalue weighted by Gasteiger charge is -2.42. The van der Waals surface area contributed by atoms with Gasteiger partial charge in [-0.2, -0.15) is 15.5 Å². The molecule has 3 N–H and O–H groups in total. The van der Waals surface area contributed by atoms with Crippen molar-refractivity contribution in [1.29, 1.82) is 5.26 Å². The number of piperazine rings is 1. The fourth-order valence-electron chi connectivity index (χ4n) is 9.81. The summed E-state index contributed by atoms with van der Waals surface area (Å²) in [4.78, 5) is 57.3. The molecule has 0 unspecified atom stereocenters. The average molecular weight is 847 g/mol. The number of carbonyl (C=O) groups is 4. The van der Waals surface area contributed by atoms with Crippen LogP contribution in [0.25, 0.3) is 16.4 Å². The summed E-state index contributed by atoms with van der Waals surface area (Å²) in [5.41, 5.74) is 1.74. The fraction of sp³-hybridized carbons (Fsp3) is 0.444. The Labute approximate surface area is 356 Å². The molecular formula is C45H48F2N10O5. The second-order valence-electron chi connectivity index (χ2n) is 17.6. The number of nitrogens with zero attached hydrogens (tertiary/aromatic N) is 8. The zero-order valence-corrected chi connectivity index (χ0v) is 34.6. The highest BCUT2D eigenvalue weighted by atomic mass is 19.1. The summed E-state index contributed by atoms with van der Waals surface area (Å²) in [6.07, 6.45) is 7.87. The molecule has 62 heavy (non-hydrogen) atoms. The molecule has 4 amide bonds. The predicted molar refractivity (Wildman–Crippen MR) is 224 cm³/mol. The summed E-state index contributed by atoms with van der Waals surface area (Å²) in [6, 6.07) is 13.8. The molecule has 2 aromatic carbocycles. The molecule has 0 spiro atoms. The summed E-state index contributed by atoms with van der Waals surface area (Å²) in [6.45, 7) is 6.94. The number of amides is 4. The molecule has 1 aliphatic carbocycles. The van der Waals surface area contributed by atoms with Crippen LogP contribution in [0, 0.1) is 28.9 Å². The molecule has 3 saturated heterocycles. The van der Waals surface area contributed by atoms with Gasteiger partial charge in [0.2, 0.25) is 17.7 Å². The first kappa shape index (κ1) is 41.1. The highest BCUT2D eigenvalue weighted by Gasteiger charge is 2.37. The Morgan fingerprint density at radius 3 is 2.35 bits per heavy atom. The lowest BCUT2D eigenvalue weighted by molar-refractivity contribution is -0.137. The van der Waals surface area contributed by atoms with Crippen molar-refractivity contribution >= 4 is 51.4 Å². The van der Waals surface area contributed by atoms with Crippen molar-refractivity contribution in [3.63, 3.8) is 0 Å². The van der Waals surface area contributed by atoms with Crippen molar-refractivity contribution in [3.8, 4) is 6.07 Å². The van der Waals surface area contributed by atoms with Crippen molar-refractivity contribution < 1.29 is 33.1 Å². The lowest BCUT2D eigenvalue weighted by Crippen LogP contribution is -2.53. The first-order valence-corrected chi connectivity index (χ1v) is 21.3. The van der Waals surface area contributed by atoms with Crippen molar-refractivity contribution in [1.82, 2.24) is 34.5 Å². The Morgan fingerprint density at radius 2 is 1.66 bits per heavy atom. The van der Waals surface area contributed by atoms with Gasteiger partial charge in [0.05, 0.1) is 46.3 Å². The van der Waals surface area contributed by atoms with E-state index in [1.165, 1.54) is 22.8 Å². The van der Waals surface area contributed by atoms with Gasteiger partial charge in [0.1, 0.15) is 23.4 Å². The van der Waals surface area contributed by atoms with Gasteiger partial charge in [-0.1, -0.05) is 0 Å². The summed E-state index contributed by atoms with van der Waals surface area (Å²) < 4.78 is 34.0. The van der Waals surface area contributed by atoms with Crippen LogP contribution in [0.15, 0.2) is 54.9 Å². The van der Waals surface area contributed by atoms with Crippen LogP contribution in [-0.4, -0.2) is 103 Å². The number of piperidine rings is 1. The Morgan fingerprint density at radius 1 is 0.935 bits per heavy atom. The number of rotatable bonds is 8. The topological polar surface area (TPSA) is 181 Å². The van der Waals surface area contributed by atoms with E-state index in [0.29, 0.717) is 77.9 Å². The number of aliphatic hydroxyl groups is 1. The first-order chi connectivity index (χ1) is 29.7. The number of carbonyl (C=O) groups excluding carboxylic acids is 4. The summed E-state index contributed by atoms with van der Waals surface area (Å²) in [5, 5.41) is 35.5. The van der Waals surface area contributed by atoms with Crippen LogP contribution >= 0.6 is 0 Å². The molecule has 3 aromatic heterocycles. The molecule has 322 valence electrons. The van der Waals surface area contributed by atoms with Gasteiger partial charge < -0.3 is 20.2 Å². The number of benzene rings is 2. The molecule has 2 atom stereocenters. The minimum atomic E-state index is -1.28. The number of fused-ring (bicyclic) bond motifs is 2. The maximum Gasteiger partial charge on any atom is 0.274 e. The van der Waals surface area contributed by atoms with Crippen molar-refractivity contribution in [2.24, 2.45) is 5.92 Å². The van der Waals surface area contributed by atoms with Crippen molar-refractivity contribution in [2.45, 2.75) is 82.4 Å². The molecular weight excluding hydrogens is 799 g/mol. The molecule has 3 aliphatic heterocycles. The van der Waals surface area contributed by atoms with E-state index in [1.54, 1.807) is 32.0 Å². The zero-order chi connectivity index (χ0) is 43.4. The van der Waals surface area contributed by atoms with Gasteiger partial charge in [0.25, 0.3) is 5.91 Å². The molecule has 0 radical (unpaired) electrons. The van der Waals surface area contributed by atoms with Gasteiger partial charge in [-0.25, -0.2) is 13.3 Å². The van der Waals surface area contributed by atoms with Gasteiger partial charge in [-0.3, -0.25) is 34.1 Å². The molecule has 4 fully saturated rings. The van der Waals surface area contributed by atoms with E-state index in [4.69, 9.17) is 5.10 Å². The number of aromatic nitrogens is 4. The highest BCUT2D eigenvalue weighted by Crippen LogP contribution is 2.37. The molecule has 4 aliphatic rings. The number of hydrogen-bond acceptors (Lipinski definition) is 10. The quantitative estimate of drug-likeness (QED) is 0.180. The number of nitriles is 1. The smallest absolute Gasteiger partial charge is 0.274 e. The third-order valence-electron chi connectivity index (χ3n) is 13.2. The lowest BCUT2D eigenvalue weighted by atomic mass is 9.89. The van der Waals surface area contributed by atoms with Gasteiger partial charge in [-0.15, -0.1) is 0 Å². The normalized spacial score (nSPS) is 22.6. The van der Waals surface area contributed by atoms with Crippen LogP contribution in [0.2, 0.25) is 0 Å². The van der Waals surface area contributed by atoms with Crippen LogP contribution in [0.5, 0.6) is 0 Å². The van der Waals surface area contributed by atoms with Gasteiger partial charge in [0, 0.05) is 85.8 Å². The van der Waals surface area contributed by atoms with Crippen LogP contribution in [0.4, 0.5) is 20.2 Å². The standard InChI is InChI=1S/C45H48F2N10O5/c1-45(2,62)34-21-37-28(18-38(34)50-43(60)39-9-7-31-17-26(22-48)23-49-57(31)39)25-56(52-37)30-5-3-29(4-6-30)53-13-15-54(16-14-53)44(61)27-11-12-55(24-27)32-19-35(46)41(36(47)20-32)33-8-10-40(58)51-42(33)59/h7,9,17-21,23,25,27,29-30,33,62H,3-6,8,10-16,24H2,1-2H3,(H,50,60)(H,51,58,59)/t27-,29?,30?,33-/m1/s1. The monoisotopic (exact) mass is 846 g/mol. The van der Waals surface area contributed by atoms with Crippen molar-refractivity contribution in [2.75, 3.05) is 49.5 Å². The van der Waals surface area contributed by atoms with E-state index >= 15 is 8.78 Å². The minimum Gasteiger partial charge on any atom is -0.386 e. The van der Waals surface area contributed by atoms with E-state index in [2.05, 4.69) is 26.7 Å². The van der Waals surface area contributed by atoms with Gasteiger partial charge in [0.15, 0.2) is 0 Å². The van der Waals surface area contributed by atoms with E-state index < -0.39 is 40.9 Å². The summed E-state index contributed by atoms with van der Waals surface area (Å²) in [7, 11) is 0. The highest BCUT2D eigenvalue weighted by molar-refractivity contribution is 6.05. The third-order valence-corrected chi connectivity index (χ3v) is 13.2. The number of anilines is 2. The van der Waals surface area contributed by atoms with Crippen LogP contribution < -0.4 is 15.5 Å². The van der Waals surface area contributed by atoms with E-state index in [9.17, 15) is 29.5 Å². The molecule has 0 bridgehead atoms. The molecule has 9 rings (SSSR count). The predicted octanol–water partition coefficient (Wildman–Crippen LogP) is 4.99. The Bertz CT molecular complexity index is 2630. The molecule has 15 nitrogen and oxygen atoms in total. The van der Waals surface area contributed by atoms with Crippen LogP contribution in [-0.2, 0) is 20.0 Å². The third kappa shape index (κ3) is 7.88. The Hall–Kier alpha value is -6.25. The average Bonchev–Trinajstić information content (AvgIpc) is 4.02. The van der Waals surface area contributed by atoms with E-state index in [-0.39, 0.29) is 36.3 Å². The molecule has 5 aromatic rings. The molecule has 6 heterocycles. The second kappa shape index (κ2) is 16.2.